The van der Waals surface area contributed by atoms with Gasteiger partial charge in [0.2, 0.25) is 0 Å². The van der Waals surface area contributed by atoms with E-state index in [0.717, 1.165) is 17.7 Å². The summed E-state index contributed by atoms with van der Waals surface area (Å²) in [6, 6.07) is 0.670. The molecule has 2 rings (SSSR count). The lowest BCUT2D eigenvalue weighted by Gasteiger charge is -2.39. The van der Waals surface area contributed by atoms with Gasteiger partial charge in [0.05, 0.1) is 6.54 Å². The monoisotopic (exact) mass is 244 g/mol. The third kappa shape index (κ3) is 2.63. The Morgan fingerprint density at radius 1 is 1.41 bits per heavy atom. The van der Waals surface area contributed by atoms with Crippen molar-refractivity contribution >= 4 is 0 Å². The topological polar surface area (TPSA) is 33.1 Å². The van der Waals surface area contributed by atoms with Crippen LogP contribution in [0.1, 0.15) is 26.2 Å². The number of hydrogen-bond acceptors (Lipinski definition) is 3. The van der Waals surface area contributed by atoms with Crippen molar-refractivity contribution in [3.05, 3.63) is 18.2 Å². The Morgan fingerprint density at radius 3 is 2.65 bits per heavy atom. The Labute approximate surface area is 99.6 Å². The van der Waals surface area contributed by atoms with Gasteiger partial charge in [-0.15, -0.1) is 0 Å². The Hall–Kier alpha value is -1.01. The van der Waals surface area contributed by atoms with E-state index in [1.165, 1.54) is 12.4 Å². The molecule has 0 aliphatic carbocycles. The number of nitrogens with zero attached hydrogens (tertiary/aromatic N) is 3. The van der Waals surface area contributed by atoms with Crippen molar-refractivity contribution in [1.82, 2.24) is 19.8 Å². The van der Waals surface area contributed by atoms with Crippen LogP contribution < -0.4 is 5.32 Å². The molecule has 0 radical (unpaired) electrons. The molecule has 0 saturated carbocycles. The molecular weight excluding hydrogens is 226 g/mol. The Morgan fingerprint density at radius 2 is 2.06 bits per heavy atom. The molecule has 1 aliphatic heterocycles. The van der Waals surface area contributed by atoms with Gasteiger partial charge in [0.15, 0.2) is 0 Å². The van der Waals surface area contributed by atoms with E-state index in [9.17, 15) is 8.78 Å². The number of alkyl halides is 2. The molecule has 1 aromatic rings. The van der Waals surface area contributed by atoms with Gasteiger partial charge in [-0.25, -0.2) is 4.98 Å². The minimum Gasteiger partial charge on any atom is -0.314 e. The second kappa shape index (κ2) is 5.10. The maximum absolute atomic E-state index is 12.7. The summed E-state index contributed by atoms with van der Waals surface area (Å²) < 4.78 is 26.3. The van der Waals surface area contributed by atoms with Crippen molar-refractivity contribution in [1.29, 1.82) is 0 Å². The van der Waals surface area contributed by atoms with Crippen LogP contribution in [0, 0.1) is 0 Å². The normalized spacial score (nSPS) is 26.6. The van der Waals surface area contributed by atoms with Gasteiger partial charge in [-0.2, -0.15) is 8.78 Å². The third-order valence-corrected chi connectivity index (χ3v) is 3.29. The smallest absolute Gasteiger partial charge is 0.314 e. The van der Waals surface area contributed by atoms with Crippen molar-refractivity contribution in [2.45, 2.75) is 39.0 Å². The van der Waals surface area contributed by atoms with E-state index in [1.807, 2.05) is 0 Å². The molecule has 1 saturated heterocycles. The molecule has 4 nitrogen and oxygen atoms in total. The number of imidazole rings is 1. The zero-order valence-electron chi connectivity index (χ0n) is 10.1. The van der Waals surface area contributed by atoms with Crippen molar-refractivity contribution < 1.29 is 8.78 Å². The van der Waals surface area contributed by atoms with Crippen LogP contribution in [0.3, 0.4) is 0 Å². The summed E-state index contributed by atoms with van der Waals surface area (Å²) in [7, 11) is 0. The van der Waals surface area contributed by atoms with Gasteiger partial charge >= 0.3 is 6.55 Å². The van der Waals surface area contributed by atoms with Gasteiger partial charge in [-0.1, -0.05) is 0 Å². The fourth-order valence-corrected chi connectivity index (χ4v) is 2.29. The fourth-order valence-electron chi connectivity index (χ4n) is 2.29. The third-order valence-electron chi connectivity index (χ3n) is 3.29. The minimum absolute atomic E-state index is 0.335. The molecule has 2 atom stereocenters. The van der Waals surface area contributed by atoms with E-state index >= 15 is 0 Å². The van der Waals surface area contributed by atoms with Gasteiger partial charge in [-0.3, -0.25) is 9.47 Å². The highest BCUT2D eigenvalue weighted by atomic mass is 19.3. The molecule has 6 heteroatoms. The molecule has 1 aromatic heterocycles. The van der Waals surface area contributed by atoms with Gasteiger partial charge in [0.25, 0.3) is 0 Å². The predicted octanol–water partition coefficient (Wildman–Crippen LogP) is 1.46. The number of nitrogens with one attached hydrogen (secondary N) is 1. The first kappa shape index (κ1) is 12.4. The molecule has 0 aromatic carbocycles. The van der Waals surface area contributed by atoms with Crippen LogP contribution in [-0.2, 0) is 6.54 Å². The predicted molar refractivity (Wildman–Crippen MR) is 60.8 cm³/mol. The first-order valence-corrected chi connectivity index (χ1v) is 5.86. The molecule has 1 aliphatic rings. The Bertz CT molecular complexity index is 356. The van der Waals surface area contributed by atoms with E-state index in [1.54, 1.807) is 0 Å². The lowest BCUT2D eigenvalue weighted by molar-refractivity contribution is 0.0554. The van der Waals surface area contributed by atoms with Crippen molar-refractivity contribution in [2.75, 3.05) is 13.1 Å². The summed E-state index contributed by atoms with van der Waals surface area (Å²) in [6.45, 7) is 3.93. The number of hydrogen-bond donors (Lipinski definition) is 1. The SMILES string of the molecule is CC1CNCC(C)N1Cc1nccn1C(F)F. The highest BCUT2D eigenvalue weighted by molar-refractivity contribution is 4.95. The van der Waals surface area contributed by atoms with Crippen LogP contribution in [0.5, 0.6) is 0 Å². The van der Waals surface area contributed by atoms with Crippen LogP contribution in [0.2, 0.25) is 0 Å². The van der Waals surface area contributed by atoms with Crippen molar-refractivity contribution in [3.63, 3.8) is 0 Å². The van der Waals surface area contributed by atoms with Crippen LogP contribution in [0.25, 0.3) is 0 Å². The van der Waals surface area contributed by atoms with Crippen molar-refractivity contribution in [2.24, 2.45) is 0 Å². The first-order chi connectivity index (χ1) is 8.09. The number of halogens is 2. The number of rotatable bonds is 3. The van der Waals surface area contributed by atoms with Gasteiger partial charge in [0, 0.05) is 37.6 Å². The van der Waals surface area contributed by atoms with Crippen LogP contribution >= 0.6 is 0 Å². The second-order valence-corrected chi connectivity index (χ2v) is 4.56. The maximum atomic E-state index is 12.7. The second-order valence-electron chi connectivity index (χ2n) is 4.56. The molecule has 0 amide bonds. The molecule has 2 unspecified atom stereocenters. The molecule has 1 fully saturated rings. The quantitative estimate of drug-likeness (QED) is 0.874. The molecule has 2 heterocycles. The largest absolute Gasteiger partial charge is 0.319 e. The Balaban J connectivity index is 2.11. The summed E-state index contributed by atoms with van der Waals surface area (Å²) in [5, 5.41) is 3.31. The highest BCUT2D eigenvalue weighted by Gasteiger charge is 2.26. The summed E-state index contributed by atoms with van der Waals surface area (Å²) in [5.41, 5.74) is 0. The highest BCUT2D eigenvalue weighted by Crippen LogP contribution is 2.17. The average Bonchev–Trinajstić information content (AvgIpc) is 2.72. The molecule has 96 valence electrons. The lowest BCUT2D eigenvalue weighted by atomic mass is 10.1. The van der Waals surface area contributed by atoms with E-state index in [2.05, 4.69) is 29.0 Å². The maximum Gasteiger partial charge on any atom is 0.319 e. The summed E-state index contributed by atoms with van der Waals surface area (Å²) in [4.78, 5) is 6.23. The number of aromatic nitrogens is 2. The molecule has 17 heavy (non-hydrogen) atoms. The van der Waals surface area contributed by atoms with E-state index in [0.29, 0.717) is 24.5 Å². The summed E-state index contributed by atoms with van der Waals surface area (Å²) >= 11 is 0. The lowest BCUT2D eigenvalue weighted by Crippen LogP contribution is -2.54. The van der Waals surface area contributed by atoms with Gasteiger partial charge < -0.3 is 5.32 Å². The standard InChI is InChI=1S/C11H18F2N4/c1-8-5-14-6-9(2)17(8)7-10-15-3-4-16(10)11(12)13/h3-4,8-9,11,14H,5-7H2,1-2H3. The molecular formula is C11H18F2N4. The molecule has 1 N–H and O–H groups in total. The molecule has 0 bridgehead atoms. The van der Waals surface area contributed by atoms with Crippen LogP contribution in [0.4, 0.5) is 8.78 Å². The average molecular weight is 244 g/mol. The van der Waals surface area contributed by atoms with Gasteiger partial charge in [0.1, 0.15) is 5.82 Å². The summed E-state index contributed by atoms with van der Waals surface area (Å²) in [5.74, 6) is 0.431. The zero-order valence-corrected chi connectivity index (χ0v) is 10.1. The number of piperazine rings is 1. The fraction of sp³-hybridized carbons (Fsp3) is 0.727. The van der Waals surface area contributed by atoms with Gasteiger partial charge in [-0.05, 0) is 13.8 Å². The summed E-state index contributed by atoms with van der Waals surface area (Å²) in [6.07, 6.45) is 2.76. The zero-order chi connectivity index (χ0) is 12.4. The minimum atomic E-state index is -2.51. The van der Waals surface area contributed by atoms with E-state index in [4.69, 9.17) is 0 Å². The van der Waals surface area contributed by atoms with E-state index in [-0.39, 0.29) is 0 Å². The Kier molecular flexibility index (Phi) is 3.73. The van der Waals surface area contributed by atoms with Crippen molar-refractivity contribution in [3.8, 4) is 0 Å². The first-order valence-electron chi connectivity index (χ1n) is 5.86. The van der Waals surface area contributed by atoms with Crippen LogP contribution in [-0.4, -0.2) is 39.6 Å². The molecule has 0 spiro atoms. The van der Waals surface area contributed by atoms with E-state index < -0.39 is 6.55 Å². The van der Waals surface area contributed by atoms with Crippen LogP contribution in [0.15, 0.2) is 12.4 Å².